The summed E-state index contributed by atoms with van der Waals surface area (Å²) in [5.74, 6) is -1.24. The van der Waals surface area contributed by atoms with Crippen molar-refractivity contribution in [1.29, 1.82) is 0 Å². The molecule has 4 nitrogen and oxygen atoms in total. The van der Waals surface area contributed by atoms with Crippen LogP contribution in [0.15, 0.2) is 24.3 Å². The van der Waals surface area contributed by atoms with Crippen molar-refractivity contribution in [2.45, 2.75) is 25.6 Å². The third-order valence-electron chi connectivity index (χ3n) is 2.49. The average molecular weight is 224 g/mol. The van der Waals surface area contributed by atoms with Gasteiger partial charge in [-0.1, -0.05) is 24.3 Å². The Bertz CT molecular complexity index is 362. The van der Waals surface area contributed by atoms with E-state index in [9.17, 15) is 9.90 Å². The highest BCUT2D eigenvalue weighted by atomic mass is 16.5. The van der Waals surface area contributed by atoms with Crippen LogP contribution < -0.4 is 0 Å². The summed E-state index contributed by atoms with van der Waals surface area (Å²) >= 11 is 0. The number of ether oxygens (including phenoxy) is 1. The summed E-state index contributed by atoms with van der Waals surface area (Å²) in [6, 6.07) is 6.95. The molecule has 0 heterocycles. The summed E-state index contributed by atoms with van der Waals surface area (Å²) in [6.45, 7) is 1.89. The van der Waals surface area contributed by atoms with Crippen molar-refractivity contribution in [2.75, 3.05) is 7.11 Å². The van der Waals surface area contributed by atoms with Crippen LogP contribution >= 0.6 is 0 Å². The van der Waals surface area contributed by atoms with Crippen LogP contribution in [0.2, 0.25) is 0 Å². The predicted molar refractivity (Wildman–Crippen MR) is 59.2 cm³/mol. The monoisotopic (exact) mass is 224 g/mol. The molecule has 0 spiro atoms. The summed E-state index contributed by atoms with van der Waals surface area (Å²) < 4.78 is 5.12. The molecule has 4 heteroatoms. The first-order valence-corrected chi connectivity index (χ1v) is 5.07. The van der Waals surface area contributed by atoms with Crippen molar-refractivity contribution in [2.24, 2.45) is 0 Å². The number of carbonyl (C=O) groups is 1. The zero-order chi connectivity index (χ0) is 12.1. The minimum atomic E-state index is -1.47. The van der Waals surface area contributed by atoms with Crippen LogP contribution in [-0.2, 0) is 16.0 Å². The highest BCUT2D eigenvalue weighted by Crippen LogP contribution is 2.20. The second-order valence-corrected chi connectivity index (χ2v) is 3.69. The van der Waals surface area contributed by atoms with Crippen LogP contribution in [0.3, 0.4) is 0 Å². The molecule has 88 valence electrons. The van der Waals surface area contributed by atoms with Gasteiger partial charge < -0.3 is 14.9 Å². The molecule has 0 amide bonds. The van der Waals surface area contributed by atoms with Crippen molar-refractivity contribution < 1.29 is 19.7 Å². The minimum absolute atomic E-state index is 0.0119. The molecule has 1 aromatic carbocycles. The first-order chi connectivity index (χ1) is 7.56. The van der Waals surface area contributed by atoms with Gasteiger partial charge in [0.2, 0.25) is 0 Å². The summed E-state index contributed by atoms with van der Waals surface area (Å²) in [5, 5.41) is 18.3. The van der Waals surface area contributed by atoms with Gasteiger partial charge in [0.05, 0.1) is 6.10 Å². The van der Waals surface area contributed by atoms with Crippen LogP contribution in [0, 0.1) is 0 Å². The maximum atomic E-state index is 10.7. The molecule has 1 aromatic rings. The maximum Gasteiger partial charge on any atom is 0.337 e. The van der Waals surface area contributed by atoms with E-state index >= 15 is 0 Å². The smallest absolute Gasteiger partial charge is 0.337 e. The van der Waals surface area contributed by atoms with E-state index in [1.807, 2.05) is 13.0 Å². The van der Waals surface area contributed by atoms with Gasteiger partial charge in [-0.2, -0.15) is 0 Å². The number of carboxylic acids is 1. The number of methoxy groups -OCH3 is 1. The number of aliphatic carboxylic acids is 1. The molecule has 2 atom stereocenters. The van der Waals surface area contributed by atoms with E-state index in [1.165, 1.54) is 0 Å². The van der Waals surface area contributed by atoms with E-state index in [0.29, 0.717) is 12.0 Å². The van der Waals surface area contributed by atoms with Gasteiger partial charge >= 0.3 is 5.97 Å². The molecular formula is C12H16O4. The number of aliphatic hydroxyl groups is 1. The van der Waals surface area contributed by atoms with Gasteiger partial charge in [0, 0.05) is 7.11 Å². The number of hydrogen-bond donors (Lipinski definition) is 2. The second kappa shape index (κ2) is 5.63. The molecule has 2 unspecified atom stereocenters. The SMILES string of the molecule is COC(C)Cc1ccccc1C(O)C(=O)O. The van der Waals surface area contributed by atoms with Gasteiger partial charge in [-0.3, -0.25) is 0 Å². The van der Waals surface area contributed by atoms with Crippen molar-refractivity contribution in [3.05, 3.63) is 35.4 Å². The van der Waals surface area contributed by atoms with E-state index in [2.05, 4.69) is 0 Å². The molecule has 0 aromatic heterocycles. The summed E-state index contributed by atoms with van der Waals surface area (Å²) in [7, 11) is 1.60. The summed E-state index contributed by atoms with van der Waals surface area (Å²) in [6.07, 6.45) is -0.904. The van der Waals surface area contributed by atoms with Crippen LogP contribution in [-0.4, -0.2) is 29.4 Å². The molecule has 16 heavy (non-hydrogen) atoms. The van der Waals surface area contributed by atoms with Gasteiger partial charge in [0.25, 0.3) is 0 Å². The lowest BCUT2D eigenvalue weighted by molar-refractivity contribution is -0.147. The number of rotatable bonds is 5. The lowest BCUT2D eigenvalue weighted by atomic mass is 9.98. The Morgan fingerprint density at radius 2 is 2.06 bits per heavy atom. The van der Waals surface area contributed by atoms with Crippen LogP contribution in [0.5, 0.6) is 0 Å². The van der Waals surface area contributed by atoms with Crippen LogP contribution in [0.1, 0.15) is 24.2 Å². The van der Waals surface area contributed by atoms with Crippen molar-refractivity contribution in [1.82, 2.24) is 0 Å². The number of benzene rings is 1. The molecule has 0 aliphatic carbocycles. The van der Waals surface area contributed by atoms with Gasteiger partial charge in [0.1, 0.15) is 0 Å². The summed E-state index contributed by atoms with van der Waals surface area (Å²) in [4.78, 5) is 10.7. The maximum absolute atomic E-state index is 10.7. The van der Waals surface area contributed by atoms with Crippen molar-refractivity contribution in [3.8, 4) is 0 Å². The van der Waals surface area contributed by atoms with Gasteiger partial charge in [-0.15, -0.1) is 0 Å². The fourth-order valence-electron chi connectivity index (χ4n) is 1.51. The number of hydrogen-bond acceptors (Lipinski definition) is 3. The highest BCUT2D eigenvalue weighted by Gasteiger charge is 2.19. The second-order valence-electron chi connectivity index (χ2n) is 3.69. The molecule has 1 rings (SSSR count). The zero-order valence-electron chi connectivity index (χ0n) is 9.38. The van der Waals surface area contributed by atoms with Crippen LogP contribution in [0.4, 0.5) is 0 Å². The highest BCUT2D eigenvalue weighted by molar-refractivity contribution is 5.74. The molecule has 0 bridgehead atoms. The molecule has 0 saturated carbocycles. The Morgan fingerprint density at radius 1 is 1.44 bits per heavy atom. The van der Waals surface area contributed by atoms with E-state index in [0.717, 1.165) is 5.56 Å². The molecule has 0 aliphatic rings. The van der Waals surface area contributed by atoms with Gasteiger partial charge in [0.15, 0.2) is 6.10 Å². The zero-order valence-corrected chi connectivity index (χ0v) is 9.38. The number of carboxylic acid groups (broad SMARTS) is 1. The van der Waals surface area contributed by atoms with Crippen molar-refractivity contribution >= 4 is 5.97 Å². The normalized spacial score (nSPS) is 14.4. The molecule has 0 radical (unpaired) electrons. The lowest BCUT2D eigenvalue weighted by Gasteiger charge is -2.15. The molecule has 2 N–H and O–H groups in total. The third kappa shape index (κ3) is 3.05. The van der Waals surface area contributed by atoms with E-state index in [-0.39, 0.29) is 6.10 Å². The van der Waals surface area contributed by atoms with Crippen molar-refractivity contribution in [3.63, 3.8) is 0 Å². The Morgan fingerprint density at radius 3 is 2.62 bits per heavy atom. The topological polar surface area (TPSA) is 66.8 Å². The standard InChI is InChI=1S/C12H16O4/c1-8(16-2)7-9-5-3-4-6-10(9)11(13)12(14)15/h3-6,8,11,13H,7H2,1-2H3,(H,14,15). The van der Waals surface area contributed by atoms with Gasteiger partial charge in [-0.25, -0.2) is 4.79 Å². The molecular weight excluding hydrogens is 208 g/mol. The van der Waals surface area contributed by atoms with E-state index in [1.54, 1.807) is 25.3 Å². The first kappa shape index (κ1) is 12.7. The fourth-order valence-corrected chi connectivity index (χ4v) is 1.51. The quantitative estimate of drug-likeness (QED) is 0.793. The minimum Gasteiger partial charge on any atom is -0.479 e. The largest absolute Gasteiger partial charge is 0.479 e. The average Bonchev–Trinajstić information content (AvgIpc) is 2.28. The summed E-state index contributed by atoms with van der Waals surface area (Å²) in [5.41, 5.74) is 1.23. The Hall–Kier alpha value is -1.39. The fraction of sp³-hybridized carbons (Fsp3) is 0.417. The predicted octanol–water partition coefficient (Wildman–Crippen LogP) is 1.38. The Balaban J connectivity index is 2.95. The molecule has 0 fully saturated rings. The Kier molecular flexibility index (Phi) is 4.46. The lowest BCUT2D eigenvalue weighted by Crippen LogP contribution is -2.16. The number of aliphatic hydroxyl groups excluding tert-OH is 1. The van der Waals surface area contributed by atoms with E-state index < -0.39 is 12.1 Å². The third-order valence-corrected chi connectivity index (χ3v) is 2.49. The first-order valence-electron chi connectivity index (χ1n) is 5.07. The van der Waals surface area contributed by atoms with Gasteiger partial charge in [-0.05, 0) is 24.5 Å². The molecule has 0 saturated heterocycles. The Labute approximate surface area is 94.5 Å². The van der Waals surface area contributed by atoms with E-state index in [4.69, 9.17) is 9.84 Å². The van der Waals surface area contributed by atoms with Crippen LogP contribution in [0.25, 0.3) is 0 Å². The molecule has 0 aliphatic heterocycles.